The molecule has 3 fully saturated rings. The second-order valence-electron chi connectivity index (χ2n) is 17.9. The van der Waals surface area contributed by atoms with E-state index in [0.29, 0.717) is 18.3 Å². The van der Waals surface area contributed by atoms with E-state index in [2.05, 4.69) is 59.1 Å². The summed E-state index contributed by atoms with van der Waals surface area (Å²) in [6, 6.07) is 0.282. The molecule has 0 radical (unpaired) electrons. The summed E-state index contributed by atoms with van der Waals surface area (Å²) >= 11 is 0. The second-order valence-corrected chi connectivity index (χ2v) is 17.9. The summed E-state index contributed by atoms with van der Waals surface area (Å²) in [7, 11) is 0. The van der Waals surface area contributed by atoms with Crippen LogP contribution in [0, 0.1) is 52.3 Å². The SMILES string of the molecule is C=C(CCC(=O)O[C@H]1CC[C@@]2(C)C(=CC[C@@H]3C2CC[C@]2(C)[C@@H]([C@H](C)CC[C@@H](CC)C(C)C)CC[C@@H]32)C1)N(CCC(C)N)CCC(C)N. The Morgan fingerprint density at radius 3 is 2.23 bits per heavy atom. The van der Waals surface area contributed by atoms with E-state index in [0.717, 1.165) is 92.3 Å². The van der Waals surface area contributed by atoms with Crippen molar-refractivity contribution in [3.8, 4) is 0 Å². The number of nitrogens with two attached hydrogens (primary N) is 2. The van der Waals surface area contributed by atoms with Crippen molar-refractivity contribution in [1.29, 1.82) is 0 Å². The molecule has 3 saturated carbocycles. The van der Waals surface area contributed by atoms with E-state index in [-0.39, 0.29) is 29.6 Å². The molecule has 11 atom stereocenters. The lowest BCUT2D eigenvalue weighted by molar-refractivity contribution is -0.151. The van der Waals surface area contributed by atoms with Gasteiger partial charge in [-0.15, -0.1) is 0 Å². The van der Waals surface area contributed by atoms with Gasteiger partial charge >= 0.3 is 5.97 Å². The minimum absolute atomic E-state index is 0.0160. The number of allylic oxidation sites excluding steroid dienone is 2. The highest BCUT2D eigenvalue weighted by Crippen LogP contribution is 2.67. The van der Waals surface area contributed by atoms with Crippen LogP contribution in [-0.2, 0) is 9.53 Å². The Kier molecular flexibility index (Phi) is 13.6. The van der Waals surface area contributed by atoms with Gasteiger partial charge in [0.15, 0.2) is 0 Å². The molecule has 3 unspecified atom stereocenters. The van der Waals surface area contributed by atoms with Crippen molar-refractivity contribution < 1.29 is 9.53 Å². The average molecular weight is 654 g/mol. The molecule has 0 bridgehead atoms. The molecule has 4 aliphatic carbocycles. The van der Waals surface area contributed by atoms with Gasteiger partial charge in [-0.2, -0.15) is 0 Å². The highest BCUT2D eigenvalue weighted by molar-refractivity contribution is 5.70. The Bertz CT molecular complexity index is 1050. The van der Waals surface area contributed by atoms with Crippen molar-refractivity contribution in [2.24, 2.45) is 63.7 Å². The molecule has 4 N–H and O–H groups in total. The quantitative estimate of drug-likeness (QED) is 0.121. The fourth-order valence-electron chi connectivity index (χ4n) is 11.2. The molecule has 4 rings (SSSR count). The fourth-order valence-corrected chi connectivity index (χ4v) is 11.2. The van der Waals surface area contributed by atoms with Crippen LogP contribution in [0.5, 0.6) is 0 Å². The summed E-state index contributed by atoms with van der Waals surface area (Å²) in [5, 5.41) is 0. The molecule has 0 aromatic rings. The van der Waals surface area contributed by atoms with Crippen molar-refractivity contribution in [3.63, 3.8) is 0 Å². The number of carbonyl (C=O) groups excluding carboxylic acids is 1. The van der Waals surface area contributed by atoms with E-state index < -0.39 is 0 Å². The summed E-state index contributed by atoms with van der Waals surface area (Å²) in [6.07, 6.45) is 19.6. The zero-order chi connectivity index (χ0) is 34.5. The zero-order valence-corrected chi connectivity index (χ0v) is 32.0. The lowest BCUT2D eigenvalue weighted by atomic mass is 9.47. The minimum atomic E-state index is -0.0772. The first-order valence-corrected chi connectivity index (χ1v) is 20.0. The van der Waals surface area contributed by atoms with Crippen LogP contribution >= 0.6 is 0 Å². The van der Waals surface area contributed by atoms with Gasteiger partial charge in [-0.25, -0.2) is 0 Å². The maximum atomic E-state index is 13.1. The summed E-state index contributed by atoms with van der Waals surface area (Å²) in [4.78, 5) is 15.3. The monoisotopic (exact) mass is 654 g/mol. The van der Waals surface area contributed by atoms with Crippen LogP contribution in [0.25, 0.3) is 0 Å². The van der Waals surface area contributed by atoms with Crippen LogP contribution in [0.1, 0.15) is 152 Å². The normalized spacial score (nSPS) is 34.4. The highest BCUT2D eigenvalue weighted by atomic mass is 16.5. The third kappa shape index (κ3) is 9.07. The van der Waals surface area contributed by atoms with Crippen LogP contribution in [0.2, 0.25) is 0 Å². The Labute approximate surface area is 290 Å². The number of rotatable bonds is 17. The van der Waals surface area contributed by atoms with Crippen LogP contribution < -0.4 is 11.5 Å². The molecule has 4 aliphatic rings. The van der Waals surface area contributed by atoms with E-state index in [9.17, 15) is 4.79 Å². The summed E-state index contributed by atoms with van der Waals surface area (Å²) in [5.41, 5.74) is 15.4. The molecule has 47 heavy (non-hydrogen) atoms. The average Bonchev–Trinajstić information content (AvgIpc) is 3.37. The number of fused-ring (bicyclic) bond motifs is 5. The van der Waals surface area contributed by atoms with Gasteiger partial charge in [0, 0.05) is 37.3 Å². The predicted octanol–water partition coefficient (Wildman–Crippen LogP) is 9.65. The van der Waals surface area contributed by atoms with E-state index in [1.54, 1.807) is 5.57 Å². The molecule has 270 valence electrons. The molecule has 0 aliphatic heterocycles. The highest BCUT2D eigenvalue weighted by Gasteiger charge is 2.59. The van der Waals surface area contributed by atoms with Crippen molar-refractivity contribution in [2.75, 3.05) is 13.1 Å². The second kappa shape index (κ2) is 16.6. The maximum absolute atomic E-state index is 13.1. The lowest BCUT2D eigenvalue weighted by Gasteiger charge is -2.58. The fraction of sp³-hybridized carbons (Fsp3) is 0.881. The Balaban J connectivity index is 1.31. The van der Waals surface area contributed by atoms with Gasteiger partial charge in [0.25, 0.3) is 0 Å². The van der Waals surface area contributed by atoms with Gasteiger partial charge in [0.1, 0.15) is 6.10 Å². The third-order valence-corrected chi connectivity index (χ3v) is 14.4. The molecule has 5 nitrogen and oxygen atoms in total. The molecule has 0 aromatic carbocycles. The van der Waals surface area contributed by atoms with E-state index in [1.165, 1.54) is 51.4 Å². The number of carbonyl (C=O) groups is 1. The van der Waals surface area contributed by atoms with Crippen LogP contribution in [0.15, 0.2) is 23.9 Å². The molecule has 0 spiro atoms. The van der Waals surface area contributed by atoms with Gasteiger partial charge in [-0.3, -0.25) is 4.79 Å². The van der Waals surface area contributed by atoms with Gasteiger partial charge in [-0.1, -0.05) is 72.6 Å². The van der Waals surface area contributed by atoms with Crippen LogP contribution in [-0.4, -0.2) is 42.1 Å². The summed E-state index contributed by atoms with van der Waals surface area (Å²) in [5.74, 6) is 5.84. The smallest absolute Gasteiger partial charge is 0.306 e. The molecule has 0 amide bonds. The Morgan fingerprint density at radius 2 is 1.62 bits per heavy atom. The first kappa shape index (κ1) is 38.5. The van der Waals surface area contributed by atoms with Gasteiger partial charge in [0.2, 0.25) is 0 Å². The summed E-state index contributed by atoms with van der Waals surface area (Å²) < 4.78 is 6.16. The number of nitrogens with zero attached hydrogens (tertiary/aromatic N) is 1. The van der Waals surface area contributed by atoms with Gasteiger partial charge < -0.3 is 21.1 Å². The van der Waals surface area contributed by atoms with Gasteiger partial charge in [0.05, 0.1) is 6.42 Å². The van der Waals surface area contributed by atoms with Crippen LogP contribution in [0.4, 0.5) is 0 Å². The van der Waals surface area contributed by atoms with E-state index in [4.69, 9.17) is 16.2 Å². The first-order valence-electron chi connectivity index (χ1n) is 20.0. The standard InChI is InChI=1S/C42H75N3O2/c1-10-33(28(2)3)13-11-29(4)37-16-17-38-36-15-14-34-27-35(19-23-41(34,8)39(36)20-24-42(37,38)9)47-40(46)18-12-32(7)45(25-21-30(5)43)26-22-31(6)44/h14,28-31,33,35-39H,7,10-13,15-27,43-44H2,1-6,8-9H3/t29-,30?,31?,33-,35+,36+,37-,38+,39?,41+,42-/m1/s1. The Morgan fingerprint density at radius 1 is 0.936 bits per heavy atom. The zero-order valence-electron chi connectivity index (χ0n) is 32.0. The maximum Gasteiger partial charge on any atom is 0.306 e. The minimum Gasteiger partial charge on any atom is -0.462 e. The van der Waals surface area contributed by atoms with Crippen molar-refractivity contribution in [1.82, 2.24) is 4.90 Å². The number of hydrogen-bond acceptors (Lipinski definition) is 5. The molecule has 5 heteroatoms. The molecule has 0 aromatic heterocycles. The number of esters is 1. The van der Waals surface area contributed by atoms with Gasteiger partial charge in [-0.05, 0) is 137 Å². The van der Waals surface area contributed by atoms with Crippen molar-refractivity contribution in [3.05, 3.63) is 23.9 Å². The van der Waals surface area contributed by atoms with Crippen molar-refractivity contribution >= 4 is 5.97 Å². The summed E-state index contributed by atoms with van der Waals surface area (Å²) in [6.45, 7) is 25.2. The molecule has 0 saturated heterocycles. The number of hydrogen-bond donors (Lipinski definition) is 2. The van der Waals surface area contributed by atoms with Crippen molar-refractivity contribution in [2.45, 2.75) is 170 Å². The van der Waals surface area contributed by atoms with Crippen LogP contribution in [0.3, 0.4) is 0 Å². The van der Waals surface area contributed by atoms with E-state index in [1.807, 2.05) is 13.8 Å². The Hall–Kier alpha value is -1.33. The third-order valence-electron chi connectivity index (χ3n) is 14.4. The van der Waals surface area contributed by atoms with E-state index >= 15 is 0 Å². The molecular formula is C42H75N3O2. The molecular weight excluding hydrogens is 578 g/mol. The topological polar surface area (TPSA) is 81.6 Å². The first-order chi connectivity index (χ1) is 22.2. The molecule has 0 heterocycles. The number of ether oxygens (including phenoxy) is 1. The lowest BCUT2D eigenvalue weighted by Crippen LogP contribution is -2.51. The largest absolute Gasteiger partial charge is 0.462 e. The predicted molar refractivity (Wildman–Crippen MR) is 199 cm³/mol.